The summed E-state index contributed by atoms with van der Waals surface area (Å²) in [7, 11) is 0. The average Bonchev–Trinajstić information content (AvgIpc) is 2.49. The van der Waals surface area contributed by atoms with Crippen LogP contribution in [0.15, 0.2) is 0 Å². The van der Waals surface area contributed by atoms with Crippen LogP contribution >= 0.6 is 0 Å². The third kappa shape index (κ3) is 8.72. The molecule has 0 aliphatic carbocycles. The van der Waals surface area contributed by atoms with Crippen LogP contribution in [0.1, 0.15) is 27.7 Å². The number of cyclic esters (lactones) is 4. The van der Waals surface area contributed by atoms with Gasteiger partial charge in [-0.1, -0.05) is 27.7 Å². The lowest BCUT2D eigenvalue weighted by atomic mass is 9.88. The monoisotopic (exact) mass is 441 g/mol. The summed E-state index contributed by atoms with van der Waals surface area (Å²) in [5.41, 5.74) is -0.845. The molecule has 174 valence electrons. The van der Waals surface area contributed by atoms with Gasteiger partial charge >= 0.3 is 29.8 Å². The molecular weight excluding hydrogens is 410 g/mol. The van der Waals surface area contributed by atoms with Gasteiger partial charge in [0.15, 0.2) is 0 Å². The van der Waals surface area contributed by atoms with E-state index in [0.29, 0.717) is 26.2 Å². The number of ether oxygens (including phenoxy) is 2. The van der Waals surface area contributed by atoms with Crippen LogP contribution < -0.4 is 0 Å². The molecule has 2 saturated heterocycles. The molecule has 2 aliphatic heterocycles. The van der Waals surface area contributed by atoms with Crippen molar-refractivity contribution in [2.24, 2.45) is 10.8 Å². The van der Waals surface area contributed by atoms with Gasteiger partial charge in [0, 0.05) is 26.2 Å². The molecule has 2 heterocycles. The maximum Gasteiger partial charge on any atom is 0.327 e. The van der Waals surface area contributed by atoms with Gasteiger partial charge in [-0.15, -0.1) is 0 Å². The Labute approximate surface area is 181 Å². The average molecular weight is 441 g/mol. The Kier molecular flexibility index (Phi) is 7.90. The van der Waals surface area contributed by atoms with Crippen LogP contribution in [0.5, 0.6) is 0 Å². The molecule has 11 nitrogen and oxygen atoms in total. The number of hydrogen-bond acceptors (Lipinski definition) is 10. The van der Waals surface area contributed by atoms with Gasteiger partial charge in [0.05, 0.1) is 32.7 Å². The number of esters is 4. The number of carboxylic acid groups (broad SMARTS) is 1. The Bertz CT molecular complexity index is 663. The van der Waals surface area contributed by atoms with Crippen molar-refractivity contribution in [3.05, 3.63) is 0 Å². The van der Waals surface area contributed by atoms with E-state index in [0.717, 1.165) is 0 Å². The lowest BCUT2D eigenvalue weighted by molar-refractivity contribution is -0.169. The molecule has 0 aromatic heterocycles. The number of nitrogens with zero attached hydrogens (tertiary/aromatic N) is 3. The summed E-state index contributed by atoms with van der Waals surface area (Å²) >= 11 is 0. The summed E-state index contributed by atoms with van der Waals surface area (Å²) < 4.78 is 9.10. The van der Waals surface area contributed by atoms with Gasteiger partial charge in [-0.2, -0.15) is 0 Å². The van der Waals surface area contributed by atoms with Crippen molar-refractivity contribution in [3.63, 3.8) is 0 Å². The smallest absolute Gasteiger partial charge is 0.327 e. The largest absolute Gasteiger partial charge is 0.480 e. The number of carboxylic acids is 1. The summed E-state index contributed by atoms with van der Waals surface area (Å²) in [6.45, 7) is 9.28. The molecule has 11 heteroatoms. The van der Waals surface area contributed by atoms with Gasteiger partial charge < -0.3 is 14.6 Å². The minimum absolute atomic E-state index is 0.0126. The standard InChI is InChI=1S/C20H31N3O8/c1-19(2,10-21-6-15(26)30-16(27)7-21)12-23(5-14(24)25)13-20(3,4)11-22-8-17(28)31-18(29)9-22/h5-13H2,1-4H3,(H,24,25). The molecule has 2 aliphatic rings. The first-order valence-electron chi connectivity index (χ1n) is 10.1. The van der Waals surface area contributed by atoms with Gasteiger partial charge in [0.2, 0.25) is 0 Å². The van der Waals surface area contributed by atoms with Crippen LogP contribution in [-0.2, 0) is 33.4 Å². The number of hydrogen-bond donors (Lipinski definition) is 1. The molecule has 0 spiro atoms. The Hall–Kier alpha value is -2.37. The summed E-state index contributed by atoms with van der Waals surface area (Å²) in [4.78, 5) is 62.8. The fourth-order valence-corrected chi connectivity index (χ4v) is 4.33. The van der Waals surface area contributed by atoms with Crippen LogP contribution in [-0.4, -0.2) is 109 Å². The van der Waals surface area contributed by atoms with E-state index in [4.69, 9.17) is 0 Å². The molecule has 0 aromatic rings. The molecule has 0 unspecified atom stereocenters. The first-order chi connectivity index (χ1) is 14.2. The van der Waals surface area contributed by atoms with E-state index in [1.165, 1.54) is 0 Å². The number of carbonyl (C=O) groups is 5. The van der Waals surface area contributed by atoms with Crippen LogP contribution in [0, 0.1) is 10.8 Å². The van der Waals surface area contributed by atoms with Crippen molar-refractivity contribution < 1.29 is 38.6 Å². The number of aliphatic carboxylic acids is 1. The van der Waals surface area contributed by atoms with E-state index in [1.807, 2.05) is 27.7 Å². The van der Waals surface area contributed by atoms with Crippen molar-refractivity contribution in [1.82, 2.24) is 14.7 Å². The zero-order valence-corrected chi connectivity index (χ0v) is 18.5. The van der Waals surface area contributed by atoms with Crippen molar-refractivity contribution >= 4 is 29.8 Å². The van der Waals surface area contributed by atoms with E-state index < -0.39 is 40.7 Å². The molecule has 0 aromatic carbocycles. The SMILES string of the molecule is CC(C)(CN1CC(=O)OC(=O)C1)CN(CC(=O)O)CC(C)(C)CN1CC(=O)OC(=O)C1. The lowest BCUT2D eigenvalue weighted by Gasteiger charge is -2.40. The summed E-state index contributed by atoms with van der Waals surface area (Å²) in [5.74, 6) is -3.34. The minimum atomic E-state index is -0.972. The molecule has 0 radical (unpaired) electrons. The van der Waals surface area contributed by atoms with Crippen LogP contribution in [0.3, 0.4) is 0 Å². The number of morpholine rings is 2. The second-order valence-corrected chi connectivity index (χ2v) is 9.85. The molecule has 2 fully saturated rings. The van der Waals surface area contributed by atoms with Crippen molar-refractivity contribution in [2.45, 2.75) is 27.7 Å². The van der Waals surface area contributed by atoms with Gasteiger partial charge in [-0.3, -0.25) is 38.7 Å². The zero-order valence-electron chi connectivity index (χ0n) is 18.5. The van der Waals surface area contributed by atoms with E-state index in [1.54, 1.807) is 14.7 Å². The van der Waals surface area contributed by atoms with E-state index in [-0.39, 0.29) is 32.7 Å². The topological polar surface area (TPSA) is 134 Å². The van der Waals surface area contributed by atoms with Gasteiger partial charge in [0.25, 0.3) is 0 Å². The zero-order chi connectivity index (χ0) is 23.4. The second-order valence-electron chi connectivity index (χ2n) is 9.85. The second kappa shape index (κ2) is 9.84. The highest BCUT2D eigenvalue weighted by Crippen LogP contribution is 2.25. The van der Waals surface area contributed by atoms with Crippen molar-refractivity contribution in [3.8, 4) is 0 Å². The molecule has 0 saturated carbocycles. The predicted molar refractivity (Wildman–Crippen MR) is 107 cm³/mol. The Morgan fingerprint density at radius 3 is 1.42 bits per heavy atom. The molecular formula is C20H31N3O8. The molecule has 0 atom stereocenters. The normalized spacial score (nSPS) is 19.5. The summed E-state index contributed by atoms with van der Waals surface area (Å²) in [6.07, 6.45) is 0. The van der Waals surface area contributed by atoms with Crippen molar-refractivity contribution in [2.75, 3.05) is 58.9 Å². The molecule has 31 heavy (non-hydrogen) atoms. The Morgan fingerprint density at radius 1 is 0.806 bits per heavy atom. The lowest BCUT2D eigenvalue weighted by Crippen LogP contribution is -2.52. The van der Waals surface area contributed by atoms with Crippen molar-refractivity contribution in [1.29, 1.82) is 0 Å². The first-order valence-corrected chi connectivity index (χ1v) is 10.1. The third-order valence-electron chi connectivity index (χ3n) is 4.83. The van der Waals surface area contributed by atoms with Gasteiger partial charge in [-0.05, 0) is 10.8 Å². The van der Waals surface area contributed by atoms with Crippen LogP contribution in [0.4, 0.5) is 0 Å². The van der Waals surface area contributed by atoms with E-state index in [9.17, 15) is 29.1 Å². The first kappa shape index (κ1) is 24.9. The molecule has 0 bridgehead atoms. The molecule has 1 N–H and O–H groups in total. The maximum absolute atomic E-state index is 11.5. The number of rotatable bonds is 10. The van der Waals surface area contributed by atoms with Gasteiger partial charge in [0.1, 0.15) is 0 Å². The Balaban J connectivity index is 2.01. The summed E-state index contributed by atoms with van der Waals surface area (Å²) in [5, 5.41) is 9.39. The number of carbonyl (C=O) groups excluding carboxylic acids is 4. The van der Waals surface area contributed by atoms with E-state index >= 15 is 0 Å². The van der Waals surface area contributed by atoms with Crippen LogP contribution in [0.25, 0.3) is 0 Å². The van der Waals surface area contributed by atoms with E-state index in [2.05, 4.69) is 9.47 Å². The minimum Gasteiger partial charge on any atom is -0.480 e. The predicted octanol–water partition coefficient (Wildman–Crippen LogP) is -0.804. The molecule has 2 rings (SSSR count). The Morgan fingerprint density at radius 2 is 1.13 bits per heavy atom. The highest BCUT2D eigenvalue weighted by molar-refractivity contribution is 5.90. The highest BCUT2D eigenvalue weighted by atomic mass is 16.6. The fraction of sp³-hybridized carbons (Fsp3) is 0.750. The fourth-order valence-electron chi connectivity index (χ4n) is 4.33. The van der Waals surface area contributed by atoms with Crippen LogP contribution in [0.2, 0.25) is 0 Å². The quantitative estimate of drug-likeness (QED) is 0.337. The van der Waals surface area contributed by atoms with Gasteiger partial charge in [-0.25, -0.2) is 0 Å². The summed E-state index contributed by atoms with van der Waals surface area (Å²) in [6, 6.07) is 0. The maximum atomic E-state index is 11.5. The molecule has 0 amide bonds. The highest BCUT2D eigenvalue weighted by Gasteiger charge is 2.35. The third-order valence-corrected chi connectivity index (χ3v) is 4.83.